The standard InChI is InChI=1S/C12H24N2O3/c1-5-14(11(15)17-12(2,3)4)8-10-9-16-7-6-13-10/h10,13H,5-9H2,1-4H3/t10-/m0/s1. The van der Waals surface area contributed by atoms with Crippen molar-refractivity contribution in [2.75, 3.05) is 32.8 Å². The van der Waals surface area contributed by atoms with E-state index < -0.39 is 5.60 Å². The van der Waals surface area contributed by atoms with Gasteiger partial charge in [-0.15, -0.1) is 0 Å². The molecule has 17 heavy (non-hydrogen) atoms. The zero-order chi connectivity index (χ0) is 12.9. The second kappa shape index (κ2) is 6.21. The predicted molar refractivity (Wildman–Crippen MR) is 66.1 cm³/mol. The van der Waals surface area contributed by atoms with Crippen molar-refractivity contribution >= 4 is 6.09 Å². The zero-order valence-corrected chi connectivity index (χ0v) is 11.3. The van der Waals surface area contributed by atoms with Crippen LogP contribution in [-0.2, 0) is 9.47 Å². The second-order valence-electron chi connectivity index (χ2n) is 5.24. The third kappa shape index (κ3) is 5.37. The van der Waals surface area contributed by atoms with E-state index in [9.17, 15) is 4.79 Å². The van der Waals surface area contributed by atoms with Crippen molar-refractivity contribution in [2.45, 2.75) is 39.3 Å². The van der Waals surface area contributed by atoms with Crippen LogP contribution in [-0.4, -0.2) is 55.5 Å². The van der Waals surface area contributed by atoms with Crippen LogP contribution in [0.1, 0.15) is 27.7 Å². The highest BCUT2D eigenvalue weighted by Gasteiger charge is 2.24. The number of morpholine rings is 1. The molecule has 0 aliphatic carbocycles. The van der Waals surface area contributed by atoms with Crippen molar-refractivity contribution in [2.24, 2.45) is 0 Å². The number of amides is 1. The highest BCUT2D eigenvalue weighted by atomic mass is 16.6. The van der Waals surface area contributed by atoms with Crippen LogP contribution >= 0.6 is 0 Å². The van der Waals surface area contributed by atoms with E-state index in [0.29, 0.717) is 19.7 Å². The summed E-state index contributed by atoms with van der Waals surface area (Å²) in [6.45, 7) is 11.1. The van der Waals surface area contributed by atoms with Crippen LogP contribution in [0.5, 0.6) is 0 Å². The molecule has 5 heteroatoms. The van der Waals surface area contributed by atoms with Crippen LogP contribution in [0, 0.1) is 0 Å². The van der Waals surface area contributed by atoms with E-state index in [0.717, 1.165) is 13.2 Å². The van der Waals surface area contributed by atoms with Crippen LogP contribution in [0.3, 0.4) is 0 Å². The van der Waals surface area contributed by atoms with Gasteiger partial charge in [0.05, 0.1) is 13.2 Å². The van der Waals surface area contributed by atoms with E-state index in [4.69, 9.17) is 9.47 Å². The monoisotopic (exact) mass is 244 g/mol. The molecule has 100 valence electrons. The van der Waals surface area contributed by atoms with Gasteiger partial charge >= 0.3 is 6.09 Å². The summed E-state index contributed by atoms with van der Waals surface area (Å²) in [7, 11) is 0. The van der Waals surface area contributed by atoms with Crippen molar-refractivity contribution < 1.29 is 14.3 Å². The Kier molecular flexibility index (Phi) is 5.21. The highest BCUT2D eigenvalue weighted by molar-refractivity contribution is 5.68. The van der Waals surface area contributed by atoms with Gasteiger partial charge in [-0.1, -0.05) is 0 Å². The summed E-state index contributed by atoms with van der Waals surface area (Å²) in [4.78, 5) is 13.6. The number of carbonyl (C=O) groups is 1. The van der Waals surface area contributed by atoms with E-state index in [1.165, 1.54) is 0 Å². The van der Waals surface area contributed by atoms with E-state index in [-0.39, 0.29) is 12.1 Å². The maximum absolute atomic E-state index is 11.9. The third-order valence-electron chi connectivity index (χ3n) is 2.47. The Morgan fingerprint density at radius 1 is 1.53 bits per heavy atom. The molecule has 0 aromatic heterocycles. The third-order valence-corrected chi connectivity index (χ3v) is 2.47. The molecule has 0 unspecified atom stereocenters. The largest absolute Gasteiger partial charge is 0.444 e. The number of nitrogens with one attached hydrogen (secondary N) is 1. The number of hydrogen-bond donors (Lipinski definition) is 1. The number of likely N-dealkylation sites (N-methyl/N-ethyl adjacent to an activating group) is 1. The van der Waals surface area contributed by atoms with Crippen molar-refractivity contribution in [3.05, 3.63) is 0 Å². The Labute approximate surface area is 103 Å². The lowest BCUT2D eigenvalue weighted by Crippen LogP contribution is -2.50. The molecule has 1 saturated heterocycles. The Bertz CT molecular complexity index is 245. The van der Waals surface area contributed by atoms with Gasteiger partial charge in [-0.2, -0.15) is 0 Å². The van der Waals surface area contributed by atoms with Gasteiger partial charge in [0.1, 0.15) is 5.60 Å². The minimum absolute atomic E-state index is 0.205. The molecular weight excluding hydrogens is 220 g/mol. The fourth-order valence-corrected chi connectivity index (χ4v) is 1.66. The molecule has 1 N–H and O–H groups in total. The van der Waals surface area contributed by atoms with Crippen molar-refractivity contribution in [3.63, 3.8) is 0 Å². The summed E-state index contributed by atoms with van der Waals surface area (Å²) < 4.78 is 10.7. The lowest BCUT2D eigenvalue weighted by atomic mass is 10.2. The van der Waals surface area contributed by atoms with Gasteiger partial charge < -0.3 is 19.7 Å². The number of ether oxygens (including phenoxy) is 2. The molecule has 1 aliphatic rings. The summed E-state index contributed by atoms with van der Waals surface area (Å²) in [5, 5.41) is 3.33. The average molecular weight is 244 g/mol. The fraction of sp³-hybridized carbons (Fsp3) is 0.917. The topological polar surface area (TPSA) is 50.8 Å². The van der Waals surface area contributed by atoms with Gasteiger partial charge in [0.25, 0.3) is 0 Å². The summed E-state index contributed by atoms with van der Waals surface area (Å²) in [5.74, 6) is 0. The molecule has 5 nitrogen and oxygen atoms in total. The van der Waals surface area contributed by atoms with Crippen LogP contribution in [0.4, 0.5) is 4.79 Å². The Morgan fingerprint density at radius 3 is 2.71 bits per heavy atom. The first-order valence-corrected chi connectivity index (χ1v) is 6.21. The molecule has 0 aromatic rings. The molecule has 1 heterocycles. The molecule has 1 rings (SSSR count). The van der Waals surface area contributed by atoms with Gasteiger partial charge in [0.2, 0.25) is 0 Å². The van der Waals surface area contributed by atoms with Gasteiger partial charge in [-0.3, -0.25) is 0 Å². The average Bonchev–Trinajstić information content (AvgIpc) is 2.24. The van der Waals surface area contributed by atoms with Gasteiger partial charge in [-0.05, 0) is 27.7 Å². The zero-order valence-electron chi connectivity index (χ0n) is 11.3. The summed E-state index contributed by atoms with van der Waals surface area (Å²) in [5.41, 5.74) is -0.443. The molecule has 0 radical (unpaired) electrons. The van der Waals surface area contributed by atoms with Gasteiger partial charge in [0, 0.05) is 25.7 Å². The molecule has 0 saturated carbocycles. The van der Waals surface area contributed by atoms with Gasteiger partial charge in [0.15, 0.2) is 0 Å². The fourth-order valence-electron chi connectivity index (χ4n) is 1.66. The number of nitrogens with zero attached hydrogens (tertiary/aromatic N) is 1. The summed E-state index contributed by atoms with van der Waals surface area (Å²) in [6.07, 6.45) is -0.257. The quantitative estimate of drug-likeness (QED) is 0.811. The lowest BCUT2D eigenvalue weighted by molar-refractivity contribution is 0.0162. The second-order valence-corrected chi connectivity index (χ2v) is 5.24. The van der Waals surface area contributed by atoms with Gasteiger partial charge in [-0.25, -0.2) is 4.79 Å². The number of hydrogen-bond acceptors (Lipinski definition) is 4. The molecule has 0 bridgehead atoms. The van der Waals surface area contributed by atoms with Crippen LogP contribution in [0.25, 0.3) is 0 Å². The predicted octanol–water partition coefficient (Wildman–Crippen LogP) is 1.23. The number of carbonyl (C=O) groups excluding carboxylic acids is 1. The van der Waals surface area contributed by atoms with E-state index >= 15 is 0 Å². The lowest BCUT2D eigenvalue weighted by Gasteiger charge is -2.31. The van der Waals surface area contributed by atoms with Crippen LogP contribution < -0.4 is 5.32 Å². The van der Waals surface area contributed by atoms with Crippen LogP contribution in [0.2, 0.25) is 0 Å². The molecule has 0 aromatic carbocycles. The molecule has 1 fully saturated rings. The highest BCUT2D eigenvalue weighted by Crippen LogP contribution is 2.10. The van der Waals surface area contributed by atoms with Crippen LogP contribution in [0.15, 0.2) is 0 Å². The number of rotatable bonds is 3. The van der Waals surface area contributed by atoms with Crippen molar-refractivity contribution in [3.8, 4) is 0 Å². The molecule has 1 aliphatic heterocycles. The molecule has 0 spiro atoms. The Morgan fingerprint density at radius 2 is 2.24 bits per heavy atom. The maximum atomic E-state index is 11.9. The SMILES string of the molecule is CCN(C[C@H]1COCCN1)C(=O)OC(C)(C)C. The smallest absolute Gasteiger partial charge is 0.410 e. The maximum Gasteiger partial charge on any atom is 0.410 e. The Balaban J connectivity index is 2.43. The first kappa shape index (κ1) is 14.3. The minimum Gasteiger partial charge on any atom is -0.444 e. The van der Waals surface area contributed by atoms with E-state index in [1.807, 2.05) is 27.7 Å². The van der Waals surface area contributed by atoms with E-state index in [1.54, 1.807) is 4.90 Å². The molecular formula is C12H24N2O3. The first-order valence-electron chi connectivity index (χ1n) is 6.21. The summed E-state index contributed by atoms with van der Waals surface area (Å²) >= 11 is 0. The van der Waals surface area contributed by atoms with Crippen molar-refractivity contribution in [1.29, 1.82) is 0 Å². The Hall–Kier alpha value is -0.810. The van der Waals surface area contributed by atoms with Crippen molar-refractivity contribution in [1.82, 2.24) is 10.2 Å². The van der Waals surface area contributed by atoms with E-state index in [2.05, 4.69) is 5.32 Å². The summed E-state index contributed by atoms with van der Waals surface area (Å²) in [6, 6.07) is 0.205. The first-order chi connectivity index (χ1) is 7.92. The normalized spacial score (nSPS) is 21.1. The molecule has 1 amide bonds. The minimum atomic E-state index is -0.443. The molecule has 1 atom stereocenters.